The summed E-state index contributed by atoms with van der Waals surface area (Å²) < 4.78 is 5.68. The summed E-state index contributed by atoms with van der Waals surface area (Å²) >= 11 is 1.60. The molecule has 0 amide bonds. The van der Waals surface area contributed by atoms with E-state index in [1.54, 1.807) is 18.1 Å². The molecule has 0 heterocycles. The zero-order valence-corrected chi connectivity index (χ0v) is 12.4. The van der Waals surface area contributed by atoms with E-state index in [0.717, 1.165) is 19.5 Å². The quantitative estimate of drug-likeness (QED) is 0.586. The third-order valence-corrected chi connectivity index (χ3v) is 1.05. The predicted octanol–water partition coefficient (Wildman–Crippen LogP) is 3.70. The molecule has 0 bridgehead atoms. The average Bonchev–Trinajstić information content (AvgIpc) is 2.12. The number of nitrogens with one attached hydrogen (secondary N) is 1. The summed E-state index contributed by atoms with van der Waals surface area (Å²) in [6, 6.07) is 0. The molecule has 0 aliphatic carbocycles. The first-order chi connectivity index (χ1) is 5.83. The molecule has 13 heavy (non-hydrogen) atoms. The fourth-order valence-electron chi connectivity index (χ4n) is 0.474. The van der Waals surface area contributed by atoms with E-state index in [0.29, 0.717) is 0 Å². The normalized spacial score (nSPS) is 6.77. The Balaban J connectivity index is -0.0000000491. The van der Waals surface area contributed by atoms with Crippen molar-refractivity contribution in [1.82, 2.24) is 0 Å². The van der Waals surface area contributed by atoms with Crippen molar-refractivity contribution in [1.29, 1.82) is 4.10 Å². The van der Waals surface area contributed by atoms with Crippen LogP contribution in [0.3, 0.4) is 0 Å². The van der Waals surface area contributed by atoms with Gasteiger partial charge in [0.1, 0.15) is 0 Å². The van der Waals surface area contributed by atoms with Gasteiger partial charge in [-0.2, -0.15) is 19.5 Å². The van der Waals surface area contributed by atoms with Crippen molar-refractivity contribution in [2.24, 2.45) is 0 Å². The van der Waals surface area contributed by atoms with Crippen LogP contribution >= 0.6 is 0 Å². The topological polar surface area (TPSA) is 38.0 Å². The van der Waals surface area contributed by atoms with E-state index in [4.69, 9.17) is 4.10 Å². The van der Waals surface area contributed by atoms with Gasteiger partial charge in [0.2, 0.25) is 0 Å². The second-order valence-electron chi connectivity index (χ2n) is 2.06. The maximum Gasteiger partial charge on any atom is 1.00 e. The molecule has 0 aliphatic rings. The number of unbranched alkanes of at least 4 members (excludes halogenated alkanes) is 2. The van der Waals surface area contributed by atoms with Crippen LogP contribution in [-0.2, 0) is 37.6 Å². The van der Waals surface area contributed by atoms with Crippen LogP contribution in [0.2, 0.25) is 0 Å². The Labute approximate surface area is 107 Å². The van der Waals surface area contributed by atoms with Crippen molar-refractivity contribution in [3.05, 3.63) is 12.2 Å². The molecule has 0 saturated heterocycles. The van der Waals surface area contributed by atoms with Crippen LogP contribution in [-0.4, -0.2) is 13.1 Å². The van der Waals surface area contributed by atoms with Gasteiger partial charge in [0.25, 0.3) is 0 Å². The second kappa shape index (κ2) is 38.2. The van der Waals surface area contributed by atoms with Gasteiger partial charge in [-0.05, 0) is 0 Å². The molecule has 1 radical (unpaired) electrons. The molecular weight excluding hydrogens is 338 g/mol. The number of hydrogen-bond donors (Lipinski definition) is 1. The zero-order chi connectivity index (χ0) is 10.2. The van der Waals surface area contributed by atoms with Gasteiger partial charge in [0, 0.05) is 0 Å². The average molecular weight is 360 g/mol. The summed E-state index contributed by atoms with van der Waals surface area (Å²) in [6.07, 6.45) is 3.65. The van der Waals surface area contributed by atoms with E-state index >= 15 is 0 Å². The Morgan fingerprint density at radius 2 is 1.54 bits per heavy atom. The molecule has 0 spiro atoms. The fourth-order valence-corrected chi connectivity index (χ4v) is 0.474. The Bertz CT molecular complexity index is 44.9. The van der Waals surface area contributed by atoms with Crippen LogP contribution in [0.4, 0.5) is 0 Å². The Morgan fingerprint density at radius 3 is 1.54 bits per heavy atom. The van der Waals surface area contributed by atoms with Crippen molar-refractivity contribution in [3.63, 3.8) is 0 Å². The molecule has 1 N–H and O–H groups in total. The van der Waals surface area contributed by atoms with Crippen molar-refractivity contribution >= 4 is 0 Å². The summed E-state index contributed by atoms with van der Waals surface area (Å²) in [5.41, 5.74) is 0. The standard InChI is InChI=1S/C5H11.C4H10N.HN.2Ru/c2*1-3-5-4-2;;;/h1,3-5H2,2H3;3-4H2,1-2H3;1H;;/q2*-1;;2*+1. The number of rotatable bonds is 4. The van der Waals surface area contributed by atoms with Crippen molar-refractivity contribution in [2.45, 2.75) is 40.0 Å². The third-order valence-electron chi connectivity index (χ3n) is 1.05. The Morgan fingerprint density at radius 1 is 1.15 bits per heavy atom. The first-order valence-corrected chi connectivity index (χ1v) is 5.30. The van der Waals surface area contributed by atoms with Gasteiger partial charge in [0.05, 0.1) is 0 Å². The van der Waals surface area contributed by atoms with Crippen molar-refractivity contribution in [3.8, 4) is 0 Å². The van der Waals surface area contributed by atoms with E-state index in [9.17, 15) is 0 Å². The van der Waals surface area contributed by atoms with Crippen LogP contribution < -0.4 is 0 Å². The molecule has 0 aromatic carbocycles. The fraction of sp³-hybridized carbons (Fsp3) is 0.889. The van der Waals surface area contributed by atoms with Crippen LogP contribution in [0.5, 0.6) is 0 Å². The molecular formula is C9H22N2Ru2. The largest absolute Gasteiger partial charge is 1.00 e. The van der Waals surface area contributed by atoms with Crippen LogP contribution in [0.1, 0.15) is 40.0 Å². The summed E-state index contributed by atoms with van der Waals surface area (Å²) in [7, 11) is 0. The summed E-state index contributed by atoms with van der Waals surface area (Å²) in [5, 5.41) is 3.97. The smallest absolute Gasteiger partial charge is 1.00 e. The van der Waals surface area contributed by atoms with Gasteiger partial charge >= 0.3 is 41.7 Å². The van der Waals surface area contributed by atoms with Crippen LogP contribution in [0.15, 0.2) is 0 Å². The molecule has 0 atom stereocenters. The summed E-state index contributed by atoms with van der Waals surface area (Å²) in [4.78, 5) is 0. The number of nitrogens with zero attached hydrogens (tertiary/aromatic N) is 1. The van der Waals surface area contributed by atoms with Gasteiger partial charge in [-0.1, -0.05) is 33.6 Å². The molecule has 0 saturated carbocycles. The minimum atomic E-state index is 0. The van der Waals surface area contributed by atoms with Crippen LogP contribution in [0, 0.1) is 11.0 Å². The van der Waals surface area contributed by atoms with Gasteiger partial charge in [0.15, 0.2) is 0 Å². The molecule has 0 unspecified atom stereocenters. The molecule has 0 fully saturated rings. The van der Waals surface area contributed by atoms with Gasteiger partial charge in [-0.15, -0.1) is 0 Å². The van der Waals surface area contributed by atoms with E-state index in [2.05, 4.69) is 19.2 Å². The summed E-state index contributed by atoms with van der Waals surface area (Å²) in [5.74, 6) is 0. The summed E-state index contributed by atoms with van der Waals surface area (Å²) in [6.45, 7) is 11.9. The minimum absolute atomic E-state index is 0. The molecule has 4 heteroatoms. The minimum Gasteiger partial charge on any atom is 1.00 e. The Kier molecular flexibility index (Phi) is 69.5. The maximum atomic E-state index is 5.68. The number of hydrogen-bond acceptors (Lipinski definition) is 1. The third kappa shape index (κ3) is 62.9. The first-order valence-electron chi connectivity index (χ1n) is 4.43. The zero-order valence-electron chi connectivity index (χ0n) is 8.90. The molecule has 84 valence electrons. The Hall–Kier alpha value is 1.01. The van der Waals surface area contributed by atoms with E-state index in [1.807, 2.05) is 13.8 Å². The van der Waals surface area contributed by atoms with Crippen LogP contribution in [0.25, 0.3) is 5.32 Å². The van der Waals surface area contributed by atoms with Crippen molar-refractivity contribution < 1.29 is 37.6 Å². The SMILES string of the molecule is CC[N-]CC.[CH2-]CCCC.[NH]=[Ru+].[Ru+]. The van der Waals surface area contributed by atoms with E-state index in [1.165, 1.54) is 12.8 Å². The van der Waals surface area contributed by atoms with E-state index in [-0.39, 0.29) is 19.5 Å². The predicted molar refractivity (Wildman–Crippen MR) is 52.0 cm³/mol. The molecule has 2 nitrogen and oxygen atoms in total. The monoisotopic (exact) mass is 362 g/mol. The molecule has 0 aliphatic heterocycles. The van der Waals surface area contributed by atoms with Crippen molar-refractivity contribution in [2.75, 3.05) is 13.1 Å². The van der Waals surface area contributed by atoms with Gasteiger partial charge in [-0.25, -0.2) is 0 Å². The van der Waals surface area contributed by atoms with E-state index < -0.39 is 0 Å². The van der Waals surface area contributed by atoms with Gasteiger partial charge < -0.3 is 12.2 Å². The first kappa shape index (κ1) is 23.7. The molecule has 0 aromatic heterocycles. The maximum absolute atomic E-state index is 5.68. The molecule has 0 rings (SSSR count). The second-order valence-corrected chi connectivity index (χ2v) is 2.06. The molecule has 0 aromatic rings. The van der Waals surface area contributed by atoms with Gasteiger partial charge in [-0.3, -0.25) is 0 Å².